The standard InChI is InChI=1S/C16H22N2O3/c19-15(10-17-16(20)14-6-3-9-21-14)18-8-7-12-4-1-2-5-13(12)11-18/h3,6,9,12-13H,1-2,4-5,7-8,10-11H2,(H,17,20)/t12-,13-/m1/s1. The number of piperidine rings is 1. The maximum Gasteiger partial charge on any atom is 0.287 e. The van der Waals surface area contributed by atoms with Gasteiger partial charge in [-0.1, -0.05) is 19.3 Å². The first-order valence-corrected chi connectivity index (χ1v) is 7.83. The van der Waals surface area contributed by atoms with Crippen LogP contribution in [0.2, 0.25) is 0 Å². The smallest absolute Gasteiger partial charge is 0.287 e. The Bertz CT molecular complexity index is 498. The van der Waals surface area contributed by atoms with Gasteiger partial charge >= 0.3 is 0 Å². The Kier molecular flexibility index (Phi) is 4.27. The minimum absolute atomic E-state index is 0.0129. The van der Waals surface area contributed by atoms with Crippen LogP contribution in [0.1, 0.15) is 42.7 Å². The Balaban J connectivity index is 1.48. The monoisotopic (exact) mass is 290 g/mol. The normalized spacial score (nSPS) is 25.2. The number of hydrogen-bond donors (Lipinski definition) is 1. The van der Waals surface area contributed by atoms with E-state index in [1.807, 2.05) is 4.90 Å². The lowest BCUT2D eigenvalue weighted by Gasteiger charge is -2.41. The van der Waals surface area contributed by atoms with Gasteiger partial charge in [0.15, 0.2) is 5.76 Å². The van der Waals surface area contributed by atoms with Gasteiger partial charge in [-0.05, 0) is 36.8 Å². The summed E-state index contributed by atoms with van der Waals surface area (Å²) in [5, 5.41) is 2.63. The number of likely N-dealkylation sites (tertiary alicyclic amines) is 1. The number of carbonyl (C=O) groups excluding carboxylic acids is 2. The van der Waals surface area contributed by atoms with Crippen molar-refractivity contribution in [2.45, 2.75) is 32.1 Å². The van der Waals surface area contributed by atoms with Gasteiger partial charge in [-0.3, -0.25) is 9.59 Å². The van der Waals surface area contributed by atoms with Gasteiger partial charge in [0, 0.05) is 13.1 Å². The summed E-state index contributed by atoms with van der Waals surface area (Å²) in [4.78, 5) is 25.9. The average Bonchev–Trinajstić information content (AvgIpc) is 3.06. The molecule has 1 aromatic rings. The SMILES string of the molecule is O=C(NCC(=O)N1CC[C@H]2CCCC[C@@H]2C1)c1ccco1. The molecule has 2 atom stereocenters. The van der Waals surface area contributed by atoms with E-state index in [1.165, 1.54) is 31.9 Å². The van der Waals surface area contributed by atoms with E-state index >= 15 is 0 Å². The highest BCUT2D eigenvalue weighted by molar-refractivity contribution is 5.94. The Hall–Kier alpha value is -1.78. The zero-order chi connectivity index (χ0) is 14.7. The maximum absolute atomic E-state index is 12.2. The second-order valence-electron chi connectivity index (χ2n) is 6.09. The van der Waals surface area contributed by atoms with Crippen molar-refractivity contribution in [1.82, 2.24) is 10.2 Å². The first kappa shape index (κ1) is 14.2. The maximum atomic E-state index is 12.2. The lowest BCUT2D eigenvalue weighted by atomic mass is 9.75. The van der Waals surface area contributed by atoms with Crippen LogP contribution in [0.15, 0.2) is 22.8 Å². The quantitative estimate of drug-likeness (QED) is 0.926. The zero-order valence-electron chi connectivity index (χ0n) is 12.2. The average molecular weight is 290 g/mol. The second-order valence-corrected chi connectivity index (χ2v) is 6.09. The highest BCUT2D eigenvalue weighted by Crippen LogP contribution is 2.35. The van der Waals surface area contributed by atoms with Crippen LogP contribution in [-0.4, -0.2) is 36.3 Å². The first-order valence-electron chi connectivity index (χ1n) is 7.83. The number of fused-ring (bicyclic) bond motifs is 1. The molecule has 21 heavy (non-hydrogen) atoms. The molecule has 0 radical (unpaired) electrons. The van der Waals surface area contributed by atoms with E-state index in [9.17, 15) is 9.59 Å². The fourth-order valence-corrected chi connectivity index (χ4v) is 3.59. The molecule has 0 spiro atoms. The van der Waals surface area contributed by atoms with Gasteiger partial charge in [-0.2, -0.15) is 0 Å². The lowest BCUT2D eigenvalue weighted by Crippen LogP contribution is -2.48. The van der Waals surface area contributed by atoms with Crippen molar-refractivity contribution in [1.29, 1.82) is 0 Å². The molecule has 1 aliphatic heterocycles. The molecular weight excluding hydrogens is 268 g/mol. The number of amides is 2. The summed E-state index contributed by atoms with van der Waals surface area (Å²) in [5.74, 6) is 1.39. The van der Waals surface area contributed by atoms with Crippen molar-refractivity contribution in [3.63, 3.8) is 0 Å². The molecule has 2 amide bonds. The number of hydrogen-bond acceptors (Lipinski definition) is 3. The van der Waals surface area contributed by atoms with Gasteiger partial charge in [0.25, 0.3) is 5.91 Å². The summed E-state index contributed by atoms with van der Waals surface area (Å²) in [7, 11) is 0. The van der Waals surface area contributed by atoms with Crippen LogP contribution in [0.4, 0.5) is 0 Å². The Labute approximate surface area is 124 Å². The molecule has 114 valence electrons. The fourth-order valence-electron chi connectivity index (χ4n) is 3.59. The summed E-state index contributed by atoms with van der Waals surface area (Å²) in [6.45, 7) is 1.74. The molecule has 2 fully saturated rings. The molecule has 1 N–H and O–H groups in total. The number of furan rings is 1. The third kappa shape index (κ3) is 3.28. The van der Waals surface area contributed by atoms with Crippen LogP contribution >= 0.6 is 0 Å². The number of nitrogens with zero attached hydrogens (tertiary/aromatic N) is 1. The van der Waals surface area contributed by atoms with Gasteiger partial charge in [0.1, 0.15) is 0 Å². The van der Waals surface area contributed by atoms with Gasteiger partial charge in [0.05, 0.1) is 12.8 Å². The Morgan fingerprint density at radius 2 is 2.05 bits per heavy atom. The van der Waals surface area contributed by atoms with E-state index in [1.54, 1.807) is 12.1 Å². The van der Waals surface area contributed by atoms with Crippen molar-refractivity contribution in [3.8, 4) is 0 Å². The molecule has 0 unspecified atom stereocenters. The molecule has 2 aliphatic rings. The fraction of sp³-hybridized carbons (Fsp3) is 0.625. The molecular formula is C16H22N2O3. The van der Waals surface area contributed by atoms with Crippen molar-refractivity contribution >= 4 is 11.8 Å². The molecule has 5 heteroatoms. The van der Waals surface area contributed by atoms with Gasteiger partial charge in [-0.25, -0.2) is 0 Å². The highest BCUT2D eigenvalue weighted by atomic mass is 16.3. The van der Waals surface area contributed by atoms with Crippen LogP contribution in [0.3, 0.4) is 0 Å². The molecule has 1 aliphatic carbocycles. The summed E-state index contributed by atoms with van der Waals surface area (Å²) in [5.41, 5.74) is 0. The third-order valence-electron chi connectivity index (χ3n) is 4.79. The van der Waals surface area contributed by atoms with Crippen molar-refractivity contribution in [3.05, 3.63) is 24.2 Å². The van der Waals surface area contributed by atoms with E-state index in [0.29, 0.717) is 5.92 Å². The molecule has 0 bridgehead atoms. The summed E-state index contributed by atoms with van der Waals surface area (Å²) >= 11 is 0. The third-order valence-corrected chi connectivity index (χ3v) is 4.79. The van der Waals surface area contributed by atoms with Crippen molar-refractivity contribution in [2.75, 3.05) is 19.6 Å². The van der Waals surface area contributed by atoms with Crippen LogP contribution in [0.25, 0.3) is 0 Å². The molecule has 3 rings (SSSR count). The van der Waals surface area contributed by atoms with E-state index in [-0.39, 0.29) is 24.1 Å². The molecule has 0 aromatic carbocycles. The van der Waals surface area contributed by atoms with E-state index in [4.69, 9.17) is 4.42 Å². The van der Waals surface area contributed by atoms with Crippen LogP contribution in [0, 0.1) is 11.8 Å². The topological polar surface area (TPSA) is 62.6 Å². The molecule has 1 saturated heterocycles. The lowest BCUT2D eigenvalue weighted by molar-refractivity contribution is -0.133. The van der Waals surface area contributed by atoms with Crippen molar-refractivity contribution < 1.29 is 14.0 Å². The minimum atomic E-state index is -0.332. The second kappa shape index (κ2) is 6.33. The van der Waals surface area contributed by atoms with Crippen LogP contribution in [0.5, 0.6) is 0 Å². The van der Waals surface area contributed by atoms with Crippen LogP contribution in [-0.2, 0) is 4.79 Å². The van der Waals surface area contributed by atoms with Gasteiger partial charge in [0.2, 0.25) is 5.91 Å². The van der Waals surface area contributed by atoms with Gasteiger partial charge in [-0.15, -0.1) is 0 Å². The highest BCUT2D eigenvalue weighted by Gasteiger charge is 2.32. The molecule has 1 saturated carbocycles. The largest absolute Gasteiger partial charge is 0.459 e. The Morgan fingerprint density at radius 3 is 2.81 bits per heavy atom. The molecule has 1 aromatic heterocycles. The number of nitrogens with one attached hydrogen (secondary N) is 1. The minimum Gasteiger partial charge on any atom is -0.459 e. The first-order chi connectivity index (χ1) is 10.2. The predicted octanol–water partition coefficient (Wildman–Crippen LogP) is 2.05. The molecule has 5 nitrogen and oxygen atoms in total. The summed E-state index contributed by atoms with van der Waals surface area (Å²) in [6.07, 6.45) is 7.76. The summed E-state index contributed by atoms with van der Waals surface area (Å²) in [6, 6.07) is 3.25. The van der Waals surface area contributed by atoms with E-state index < -0.39 is 0 Å². The number of rotatable bonds is 3. The van der Waals surface area contributed by atoms with E-state index in [0.717, 1.165) is 25.4 Å². The van der Waals surface area contributed by atoms with E-state index in [2.05, 4.69) is 5.32 Å². The van der Waals surface area contributed by atoms with Crippen molar-refractivity contribution in [2.24, 2.45) is 11.8 Å². The molecule has 2 heterocycles. The Morgan fingerprint density at radius 1 is 1.24 bits per heavy atom. The zero-order valence-corrected chi connectivity index (χ0v) is 12.2. The van der Waals surface area contributed by atoms with Crippen LogP contribution < -0.4 is 5.32 Å². The summed E-state index contributed by atoms with van der Waals surface area (Å²) < 4.78 is 5.01. The predicted molar refractivity (Wildman–Crippen MR) is 77.7 cm³/mol. The number of carbonyl (C=O) groups is 2. The van der Waals surface area contributed by atoms with Gasteiger partial charge < -0.3 is 14.6 Å².